The third-order valence-corrected chi connectivity index (χ3v) is 3.59. The molecule has 19 heavy (non-hydrogen) atoms. The minimum absolute atomic E-state index is 0.00448. The monoisotopic (exact) mass is 276 g/mol. The largest absolute Gasteiger partial charge is 0.303 e. The van der Waals surface area contributed by atoms with Gasteiger partial charge in [-0.2, -0.15) is 0 Å². The number of benzene rings is 1. The quantitative estimate of drug-likeness (QED) is 0.935. The molecule has 0 saturated heterocycles. The number of nitrogens with zero attached hydrogens (tertiary/aromatic N) is 3. The molecule has 6 heteroatoms. The topological polar surface area (TPSA) is 59.8 Å². The number of hydrogen-bond acceptors (Lipinski definition) is 3. The second kappa shape index (κ2) is 4.66. The zero-order valence-electron chi connectivity index (χ0n) is 10.4. The predicted octanol–water partition coefficient (Wildman–Crippen LogP) is 2.21. The molecule has 2 aromatic rings. The van der Waals surface area contributed by atoms with Crippen LogP contribution >= 0.6 is 11.6 Å². The van der Waals surface area contributed by atoms with E-state index in [-0.39, 0.29) is 17.7 Å². The zero-order chi connectivity index (χ0) is 13.4. The molecule has 1 heterocycles. The van der Waals surface area contributed by atoms with Crippen LogP contribution in [0.3, 0.4) is 0 Å². The Hall–Kier alpha value is -1.88. The van der Waals surface area contributed by atoms with E-state index in [1.165, 1.54) is 0 Å². The molecule has 1 aromatic heterocycles. The highest BCUT2D eigenvalue weighted by atomic mass is 35.5. The minimum atomic E-state index is -0.0129. The summed E-state index contributed by atoms with van der Waals surface area (Å²) in [6.45, 7) is 0. The molecular weight excluding hydrogens is 264 g/mol. The second-order valence-corrected chi connectivity index (χ2v) is 5.19. The van der Waals surface area contributed by atoms with E-state index in [4.69, 9.17) is 11.6 Å². The first kappa shape index (κ1) is 12.2. The van der Waals surface area contributed by atoms with Crippen LogP contribution < -0.4 is 5.32 Å². The maximum Gasteiger partial charge on any atom is 0.230 e. The Morgan fingerprint density at radius 3 is 3.05 bits per heavy atom. The van der Waals surface area contributed by atoms with Crippen molar-refractivity contribution in [1.82, 2.24) is 14.8 Å². The molecule has 3 rings (SSSR count). The van der Waals surface area contributed by atoms with Gasteiger partial charge in [0.15, 0.2) is 0 Å². The molecule has 1 aliphatic carbocycles. The van der Waals surface area contributed by atoms with Gasteiger partial charge in [0.05, 0.1) is 0 Å². The van der Waals surface area contributed by atoms with E-state index in [9.17, 15) is 4.79 Å². The maximum absolute atomic E-state index is 12.1. The number of hydrogen-bond donors (Lipinski definition) is 1. The summed E-state index contributed by atoms with van der Waals surface area (Å²) < 4.78 is 1.68. The summed E-state index contributed by atoms with van der Waals surface area (Å²) in [6, 6.07) is 7.67. The van der Waals surface area contributed by atoms with Crippen molar-refractivity contribution in [3.63, 3.8) is 0 Å². The molecule has 1 fully saturated rings. The third-order valence-electron chi connectivity index (χ3n) is 3.35. The van der Waals surface area contributed by atoms with Crippen molar-refractivity contribution in [2.24, 2.45) is 13.0 Å². The van der Waals surface area contributed by atoms with Crippen LogP contribution in [0.15, 0.2) is 30.6 Å². The highest BCUT2D eigenvalue weighted by Gasteiger charge is 2.44. The van der Waals surface area contributed by atoms with Crippen molar-refractivity contribution in [1.29, 1.82) is 0 Å². The zero-order valence-corrected chi connectivity index (χ0v) is 11.1. The molecule has 0 aliphatic heterocycles. The van der Waals surface area contributed by atoms with Crippen LogP contribution in [0.4, 0.5) is 5.95 Å². The average molecular weight is 277 g/mol. The van der Waals surface area contributed by atoms with Crippen molar-refractivity contribution >= 4 is 23.5 Å². The normalized spacial score (nSPS) is 21.2. The van der Waals surface area contributed by atoms with E-state index >= 15 is 0 Å². The number of halogens is 1. The lowest BCUT2D eigenvalue weighted by atomic mass is 10.1. The lowest BCUT2D eigenvalue weighted by Gasteiger charge is -2.04. The SMILES string of the molecule is Cn1cnnc1NC(=O)[C@@H]1C[C@H]1c1cccc(Cl)c1. The van der Waals surface area contributed by atoms with Crippen molar-refractivity contribution in [2.75, 3.05) is 5.32 Å². The Morgan fingerprint density at radius 2 is 2.37 bits per heavy atom. The van der Waals surface area contributed by atoms with Crippen molar-refractivity contribution < 1.29 is 4.79 Å². The number of carbonyl (C=O) groups excluding carboxylic acids is 1. The maximum atomic E-state index is 12.1. The summed E-state index contributed by atoms with van der Waals surface area (Å²) in [5.41, 5.74) is 1.12. The summed E-state index contributed by atoms with van der Waals surface area (Å²) in [4.78, 5) is 12.1. The number of nitrogens with one attached hydrogen (secondary N) is 1. The summed E-state index contributed by atoms with van der Waals surface area (Å²) in [6.07, 6.45) is 2.40. The summed E-state index contributed by atoms with van der Waals surface area (Å²) >= 11 is 5.96. The number of carbonyl (C=O) groups is 1. The number of anilines is 1. The third kappa shape index (κ3) is 2.46. The van der Waals surface area contributed by atoms with E-state index in [0.29, 0.717) is 11.0 Å². The van der Waals surface area contributed by atoms with Gasteiger partial charge in [0.1, 0.15) is 6.33 Å². The molecule has 1 aromatic carbocycles. The highest BCUT2D eigenvalue weighted by Crippen LogP contribution is 2.48. The van der Waals surface area contributed by atoms with Gasteiger partial charge in [-0.1, -0.05) is 23.7 Å². The Kier molecular flexibility index (Phi) is 2.98. The summed E-state index contributed by atoms with van der Waals surface area (Å²) in [7, 11) is 1.79. The summed E-state index contributed by atoms with van der Waals surface area (Å²) in [5.74, 6) is 0.713. The summed E-state index contributed by atoms with van der Waals surface area (Å²) in [5, 5.41) is 11.1. The number of aromatic nitrogens is 3. The molecule has 1 aliphatic rings. The van der Waals surface area contributed by atoms with Gasteiger partial charge in [0.2, 0.25) is 11.9 Å². The van der Waals surface area contributed by atoms with Gasteiger partial charge in [-0.15, -0.1) is 10.2 Å². The first-order valence-electron chi connectivity index (χ1n) is 6.05. The van der Waals surface area contributed by atoms with E-state index < -0.39 is 0 Å². The van der Waals surface area contributed by atoms with Gasteiger partial charge in [-0.25, -0.2) is 0 Å². The lowest BCUT2D eigenvalue weighted by molar-refractivity contribution is -0.117. The predicted molar refractivity (Wildman–Crippen MR) is 71.9 cm³/mol. The minimum Gasteiger partial charge on any atom is -0.303 e. The molecule has 1 amide bonds. The average Bonchev–Trinajstić information content (AvgIpc) is 3.09. The van der Waals surface area contributed by atoms with Gasteiger partial charge >= 0.3 is 0 Å². The fraction of sp³-hybridized carbons (Fsp3) is 0.308. The Bertz CT molecular complexity index is 625. The van der Waals surface area contributed by atoms with Crippen LogP contribution in [0.1, 0.15) is 17.9 Å². The van der Waals surface area contributed by atoms with Crippen molar-refractivity contribution in [3.05, 3.63) is 41.2 Å². The second-order valence-electron chi connectivity index (χ2n) is 4.76. The van der Waals surface area contributed by atoms with E-state index in [1.54, 1.807) is 17.9 Å². The molecule has 0 bridgehead atoms. The number of amides is 1. The Labute approximate surface area is 115 Å². The first-order valence-corrected chi connectivity index (χ1v) is 6.43. The van der Waals surface area contributed by atoms with Gasteiger partial charge < -0.3 is 4.57 Å². The fourth-order valence-electron chi connectivity index (χ4n) is 2.19. The Balaban J connectivity index is 1.66. The van der Waals surface area contributed by atoms with E-state index in [1.807, 2.05) is 24.3 Å². The first-order chi connectivity index (χ1) is 9.15. The van der Waals surface area contributed by atoms with Gasteiger partial charge in [0, 0.05) is 18.0 Å². The fourth-order valence-corrected chi connectivity index (χ4v) is 2.39. The molecule has 2 atom stereocenters. The smallest absolute Gasteiger partial charge is 0.230 e. The van der Waals surface area contributed by atoms with E-state index in [0.717, 1.165) is 12.0 Å². The molecule has 0 radical (unpaired) electrons. The highest BCUT2D eigenvalue weighted by molar-refractivity contribution is 6.30. The van der Waals surface area contributed by atoms with Crippen LogP contribution in [0, 0.1) is 5.92 Å². The van der Waals surface area contributed by atoms with Gasteiger partial charge in [-0.05, 0) is 30.0 Å². The number of rotatable bonds is 3. The van der Waals surface area contributed by atoms with Crippen LogP contribution in [0.5, 0.6) is 0 Å². The number of aryl methyl sites for hydroxylation is 1. The van der Waals surface area contributed by atoms with E-state index in [2.05, 4.69) is 15.5 Å². The van der Waals surface area contributed by atoms with Crippen LogP contribution in [0.25, 0.3) is 0 Å². The molecule has 1 saturated carbocycles. The molecule has 98 valence electrons. The van der Waals surface area contributed by atoms with Crippen molar-refractivity contribution in [3.8, 4) is 0 Å². The molecule has 5 nitrogen and oxygen atoms in total. The molecule has 0 unspecified atom stereocenters. The van der Waals surface area contributed by atoms with Crippen molar-refractivity contribution in [2.45, 2.75) is 12.3 Å². The van der Waals surface area contributed by atoms with Crippen LogP contribution in [-0.2, 0) is 11.8 Å². The molecular formula is C13H13ClN4O. The Morgan fingerprint density at radius 1 is 1.53 bits per heavy atom. The van der Waals surface area contributed by atoms with Crippen LogP contribution in [0.2, 0.25) is 5.02 Å². The van der Waals surface area contributed by atoms with Gasteiger partial charge in [-0.3, -0.25) is 10.1 Å². The van der Waals surface area contributed by atoms with Crippen LogP contribution in [-0.4, -0.2) is 20.7 Å². The lowest BCUT2D eigenvalue weighted by Crippen LogP contribution is -2.17. The molecule has 0 spiro atoms. The molecule has 1 N–H and O–H groups in total. The van der Waals surface area contributed by atoms with Gasteiger partial charge in [0.25, 0.3) is 0 Å². The standard InChI is InChI=1S/C13H13ClN4O/c1-18-7-15-17-13(18)16-12(19)11-6-10(11)8-3-2-4-9(14)5-8/h2-5,7,10-11H,6H2,1H3,(H,16,17,19)/t10-,11+/m0/s1.